The van der Waals surface area contributed by atoms with Crippen LogP contribution in [-0.4, -0.2) is 29.7 Å². The summed E-state index contributed by atoms with van der Waals surface area (Å²) in [6, 6.07) is 0. The van der Waals surface area contributed by atoms with E-state index in [1.54, 1.807) is 0 Å². The minimum absolute atomic E-state index is 0. The second kappa shape index (κ2) is 10.7. The maximum atomic E-state index is 9.64. The van der Waals surface area contributed by atoms with Crippen LogP contribution in [0.3, 0.4) is 0 Å². The Labute approximate surface area is 143 Å². The van der Waals surface area contributed by atoms with E-state index in [0.29, 0.717) is 0 Å². The molecule has 5 unspecified atom stereocenters. The van der Waals surface area contributed by atoms with Crippen molar-refractivity contribution in [2.45, 2.75) is 83.9 Å². The second-order valence-corrected chi connectivity index (χ2v) is 5.56. The molecule has 1 aliphatic rings. The maximum Gasteiger partial charge on any atom is 0.158 e. The Kier molecular flexibility index (Phi) is 11.2. The molecule has 0 aromatic heterocycles. The number of hydrogen-bond acceptors (Lipinski definition) is 3. The topological polar surface area (TPSA) is 38.7 Å². The first-order valence-electron chi connectivity index (χ1n) is 7.37. The van der Waals surface area contributed by atoms with Crippen molar-refractivity contribution >= 4 is 0 Å². The van der Waals surface area contributed by atoms with Crippen molar-refractivity contribution in [2.24, 2.45) is 5.92 Å². The molecule has 1 heterocycles. The van der Waals surface area contributed by atoms with Crippen LogP contribution < -0.4 is 0 Å². The van der Waals surface area contributed by atoms with E-state index >= 15 is 0 Å². The van der Waals surface area contributed by atoms with Crippen LogP contribution in [0.1, 0.15) is 59.3 Å². The zero-order chi connectivity index (χ0) is 13.5. The van der Waals surface area contributed by atoms with Gasteiger partial charge in [0.1, 0.15) is 0 Å². The van der Waals surface area contributed by atoms with Gasteiger partial charge in [-0.3, -0.25) is 0 Å². The van der Waals surface area contributed by atoms with Crippen LogP contribution in [0.25, 0.3) is 0 Å². The van der Waals surface area contributed by atoms with Gasteiger partial charge in [0.15, 0.2) is 6.29 Å². The van der Waals surface area contributed by atoms with Gasteiger partial charge in [-0.15, -0.1) is 0 Å². The van der Waals surface area contributed by atoms with Crippen LogP contribution in [0.2, 0.25) is 0 Å². The van der Waals surface area contributed by atoms with Gasteiger partial charge in [0.2, 0.25) is 0 Å². The fourth-order valence-electron chi connectivity index (χ4n) is 2.53. The molecule has 0 aromatic carbocycles. The van der Waals surface area contributed by atoms with Gasteiger partial charge in [0.05, 0.1) is 18.3 Å². The van der Waals surface area contributed by atoms with E-state index < -0.39 is 0 Å². The van der Waals surface area contributed by atoms with Gasteiger partial charge in [-0.25, -0.2) is 0 Å². The quantitative estimate of drug-likeness (QED) is 0.719. The summed E-state index contributed by atoms with van der Waals surface area (Å²) < 4.78 is 11.7. The summed E-state index contributed by atoms with van der Waals surface area (Å²) in [6.45, 7) is 10.4. The van der Waals surface area contributed by atoms with Gasteiger partial charge in [0, 0.05) is 32.7 Å². The Morgan fingerprint density at radius 1 is 1.32 bits per heavy atom. The SMILES string of the molecule is [CH2-]C(CC(O)CC)CC1CC(C)OC(CCC)O1.[Y]. The van der Waals surface area contributed by atoms with Gasteiger partial charge >= 0.3 is 0 Å². The number of hydrogen-bond donors (Lipinski definition) is 1. The maximum absolute atomic E-state index is 9.64. The summed E-state index contributed by atoms with van der Waals surface area (Å²) in [5.74, 6) is 0.262. The Morgan fingerprint density at radius 3 is 2.58 bits per heavy atom. The fourth-order valence-corrected chi connectivity index (χ4v) is 2.53. The summed E-state index contributed by atoms with van der Waals surface area (Å²) >= 11 is 0. The summed E-state index contributed by atoms with van der Waals surface area (Å²) in [5, 5.41) is 9.64. The molecule has 1 fully saturated rings. The van der Waals surface area contributed by atoms with Gasteiger partial charge in [-0.1, -0.05) is 33.1 Å². The van der Waals surface area contributed by atoms with Crippen LogP contribution >= 0.6 is 0 Å². The summed E-state index contributed by atoms with van der Waals surface area (Å²) in [6.07, 6.45) is 5.69. The van der Waals surface area contributed by atoms with Crippen LogP contribution in [0.4, 0.5) is 0 Å². The number of ether oxygens (including phenoxy) is 2. The average molecular weight is 346 g/mol. The first kappa shape index (κ1) is 20.0. The van der Waals surface area contributed by atoms with Gasteiger partial charge < -0.3 is 21.5 Å². The molecule has 111 valence electrons. The third-order valence-corrected chi connectivity index (χ3v) is 3.52. The molecule has 1 aliphatic heterocycles. The van der Waals surface area contributed by atoms with E-state index in [4.69, 9.17) is 9.47 Å². The molecule has 1 radical (unpaired) electrons. The molecule has 0 spiro atoms. The van der Waals surface area contributed by atoms with E-state index in [0.717, 1.165) is 38.5 Å². The predicted octanol–water partition coefficient (Wildman–Crippen LogP) is 3.31. The Morgan fingerprint density at radius 2 is 2.00 bits per heavy atom. The first-order valence-corrected chi connectivity index (χ1v) is 7.37. The van der Waals surface area contributed by atoms with Gasteiger partial charge in [-0.05, 0) is 26.2 Å². The van der Waals surface area contributed by atoms with Crippen molar-refractivity contribution in [3.8, 4) is 0 Å². The summed E-state index contributed by atoms with van der Waals surface area (Å²) in [7, 11) is 0. The number of aliphatic hydroxyl groups excluding tert-OH is 1. The molecule has 0 aliphatic carbocycles. The third-order valence-electron chi connectivity index (χ3n) is 3.52. The van der Waals surface area contributed by atoms with Gasteiger partial charge in [0.25, 0.3) is 0 Å². The van der Waals surface area contributed by atoms with Crippen molar-refractivity contribution in [3.05, 3.63) is 6.92 Å². The molecule has 1 N–H and O–H groups in total. The fraction of sp³-hybridized carbons (Fsp3) is 0.933. The molecule has 4 heteroatoms. The van der Waals surface area contributed by atoms with E-state index in [9.17, 15) is 5.11 Å². The Balaban J connectivity index is 0.00000324. The van der Waals surface area contributed by atoms with E-state index in [-0.39, 0.29) is 63.2 Å². The second-order valence-electron chi connectivity index (χ2n) is 5.56. The van der Waals surface area contributed by atoms with E-state index in [1.165, 1.54) is 0 Å². The molecule has 19 heavy (non-hydrogen) atoms. The average Bonchev–Trinajstić information content (AvgIpc) is 2.28. The molecule has 0 aromatic rings. The van der Waals surface area contributed by atoms with Crippen molar-refractivity contribution in [3.63, 3.8) is 0 Å². The Hall–Kier alpha value is 0.984. The van der Waals surface area contributed by atoms with Crippen LogP contribution in [0.15, 0.2) is 0 Å². The van der Waals surface area contributed by atoms with Crippen molar-refractivity contribution in [1.29, 1.82) is 0 Å². The normalized spacial score (nSPS) is 30.5. The molecule has 0 bridgehead atoms. The van der Waals surface area contributed by atoms with Crippen molar-refractivity contribution in [1.82, 2.24) is 0 Å². The van der Waals surface area contributed by atoms with Crippen molar-refractivity contribution < 1.29 is 47.3 Å². The number of rotatable bonds is 7. The van der Waals surface area contributed by atoms with Crippen LogP contribution in [0.5, 0.6) is 0 Å². The third kappa shape index (κ3) is 8.11. The van der Waals surface area contributed by atoms with Crippen LogP contribution in [-0.2, 0) is 42.2 Å². The van der Waals surface area contributed by atoms with Gasteiger partial charge in [-0.2, -0.15) is 5.92 Å². The molecule has 0 saturated carbocycles. The molecule has 1 saturated heterocycles. The minimum atomic E-state index is -0.226. The van der Waals surface area contributed by atoms with Crippen molar-refractivity contribution in [2.75, 3.05) is 0 Å². The number of aliphatic hydroxyl groups is 1. The summed E-state index contributed by atoms with van der Waals surface area (Å²) in [5.41, 5.74) is 0. The molecule has 0 amide bonds. The largest absolute Gasteiger partial charge is 0.393 e. The smallest absolute Gasteiger partial charge is 0.158 e. The zero-order valence-electron chi connectivity index (χ0n) is 12.7. The molecular weight excluding hydrogens is 317 g/mol. The first-order chi connectivity index (χ1) is 8.55. The molecule has 5 atom stereocenters. The molecular formula is C15H29O3Y-. The monoisotopic (exact) mass is 346 g/mol. The van der Waals surface area contributed by atoms with E-state index in [1.807, 2.05) is 6.92 Å². The molecule has 1 rings (SSSR count). The zero-order valence-corrected chi connectivity index (χ0v) is 15.5. The standard InChI is InChI=1S/C15H29O3.Y/c1-5-7-15-17-12(4)10-14(18-15)9-11(3)8-13(16)6-2;/h11-16H,3,5-10H2,1-2,4H3;/q-1;. The minimum Gasteiger partial charge on any atom is -0.393 e. The van der Waals surface area contributed by atoms with E-state index in [2.05, 4.69) is 20.8 Å². The predicted molar refractivity (Wildman–Crippen MR) is 73.1 cm³/mol. The summed E-state index contributed by atoms with van der Waals surface area (Å²) in [4.78, 5) is 0. The van der Waals surface area contributed by atoms with Crippen LogP contribution in [0, 0.1) is 12.8 Å². The molecule has 3 nitrogen and oxygen atoms in total. The Bertz CT molecular complexity index is 225.